The van der Waals surface area contributed by atoms with Gasteiger partial charge in [-0.25, -0.2) is 14.7 Å². The van der Waals surface area contributed by atoms with E-state index in [0.29, 0.717) is 13.1 Å². The Balaban J connectivity index is 0.00000363. The molecule has 1 atom stereocenters. The number of hydrogen-bond donors (Lipinski definition) is 1. The van der Waals surface area contributed by atoms with E-state index in [1.54, 1.807) is 25.6 Å². The number of halogens is 1. The van der Waals surface area contributed by atoms with Crippen LogP contribution in [0.25, 0.3) is 5.69 Å². The molecule has 1 unspecified atom stereocenters. The molecule has 0 aliphatic rings. The van der Waals surface area contributed by atoms with Crippen molar-refractivity contribution in [2.75, 3.05) is 27.8 Å². The molecule has 1 N–H and O–H groups in total. The summed E-state index contributed by atoms with van der Waals surface area (Å²) in [6.07, 6.45) is 1.95. The van der Waals surface area contributed by atoms with E-state index in [9.17, 15) is 0 Å². The number of guanidine groups is 1. The summed E-state index contributed by atoms with van der Waals surface area (Å²) in [5.74, 6) is 1.64. The van der Waals surface area contributed by atoms with Crippen molar-refractivity contribution < 1.29 is 9.47 Å². The van der Waals surface area contributed by atoms with Gasteiger partial charge in [0.25, 0.3) is 0 Å². The second-order valence-electron chi connectivity index (χ2n) is 7.03. The van der Waals surface area contributed by atoms with Crippen LogP contribution in [0.2, 0.25) is 0 Å². The molecule has 3 aromatic rings. The van der Waals surface area contributed by atoms with Gasteiger partial charge in [-0.3, -0.25) is 0 Å². The lowest BCUT2D eigenvalue weighted by Gasteiger charge is -2.21. The van der Waals surface area contributed by atoms with Crippen LogP contribution in [0.15, 0.2) is 46.9 Å². The van der Waals surface area contributed by atoms with Crippen LogP contribution in [-0.4, -0.2) is 53.4 Å². The topological polar surface area (TPSA) is 76.8 Å². The van der Waals surface area contributed by atoms with Gasteiger partial charge in [0, 0.05) is 32.3 Å². The lowest BCUT2D eigenvalue weighted by atomic mass is 10.3. The molecule has 0 fully saturated rings. The molecule has 0 aliphatic carbocycles. The van der Waals surface area contributed by atoms with Crippen LogP contribution in [0.3, 0.4) is 0 Å². The highest BCUT2D eigenvalue weighted by molar-refractivity contribution is 14.0. The molecule has 32 heavy (non-hydrogen) atoms. The van der Waals surface area contributed by atoms with Crippen molar-refractivity contribution in [1.29, 1.82) is 0 Å². The van der Waals surface area contributed by atoms with Gasteiger partial charge in [-0.1, -0.05) is 0 Å². The molecule has 0 amide bonds. The fourth-order valence-corrected chi connectivity index (χ4v) is 3.79. The van der Waals surface area contributed by atoms with Crippen molar-refractivity contribution >= 4 is 41.3 Å². The maximum absolute atomic E-state index is 5.36. The third kappa shape index (κ3) is 6.91. The molecule has 0 saturated carbocycles. The number of nitrogens with zero attached hydrogens (tertiary/aromatic N) is 5. The predicted molar refractivity (Wildman–Crippen MR) is 139 cm³/mol. The van der Waals surface area contributed by atoms with Gasteiger partial charge in [-0.05, 0) is 44.2 Å². The Labute approximate surface area is 210 Å². The summed E-state index contributed by atoms with van der Waals surface area (Å²) < 4.78 is 12.4. The van der Waals surface area contributed by atoms with E-state index in [1.807, 2.05) is 55.2 Å². The predicted octanol–water partition coefficient (Wildman–Crippen LogP) is 4.26. The molecule has 174 valence electrons. The Kier molecular flexibility index (Phi) is 10.4. The van der Waals surface area contributed by atoms with E-state index in [1.165, 1.54) is 0 Å². The summed E-state index contributed by atoms with van der Waals surface area (Å²) in [4.78, 5) is 11.5. The molecular weight excluding hydrogens is 539 g/mol. The minimum Gasteiger partial charge on any atom is -0.497 e. The van der Waals surface area contributed by atoms with Crippen LogP contribution in [0, 0.1) is 0 Å². The second kappa shape index (κ2) is 12.8. The average Bonchev–Trinajstić information content (AvgIpc) is 3.46. The van der Waals surface area contributed by atoms with Gasteiger partial charge in [0.1, 0.15) is 16.9 Å². The van der Waals surface area contributed by atoms with Gasteiger partial charge in [0.15, 0.2) is 5.96 Å². The normalized spacial score (nSPS) is 12.2. The molecule has 0 bridgehead atoms. The number of methoxy groups -OCH3 is 2. The number of hydrogen-bond acceptors (Lipinski definition) is 6. The lowest BCUT2D eigenvalue weighted by Crippen LogP contribution is -2.38. The van der Waals surface area contributed by atoms with E-state index < -0.39 is 0 Å². The number of thiazole rings is 1. The van der Waals surface area contributed by atoms with Crippen molar-refractivity contribution in [2.45, 2.75) is 33.0 Å². The molecule has 10 heteroatoms. The Hall–Kier alpha value is -2.18. The Morgan fingerprint density at radius 3 is 2.62 bits per heavy atom. The Bertz CT molecular complexity index is 988. The summed E-state index contributed by atoms with van der Waals surface area (Å²) in [6.45, 7) is 6.00. The molecular formula is C22H31IN6O2S. The lowest BCUT2D eigenvalue weighted by molar-refractivity contribution is 0.119. The van der Waals surface area contributed by atoms with Crippen molar-refractivity contribution in [3.05, 3.63) is 58.3 Å². The summed E-state index contributed by atoms with van der Waals surface area (Å²) >= 11 is 1.62. The number of benzene rings is 1. The summed E-state index contributed by atoms with van der Waals surface area (Å²) in [7, 11) is 5.37. The first-order valence-corrected chi connectivity index (χ1v) is 11.1. The monoisotopic (exact) mass is 570 g/mol. The zero-order valence-corrected chi connectivity index (χ0v) is 22.3. The highest BCUT2D eigenvalue weighted by Gasteiger charge is 2.13. The number of aliphatic imine (C=N–C) groups is 1. The van der Waals surface area contributed by atoms with Gasteiger partial charge in [0.05, 0.1) is 37.3 Å². The number of ether oxygens (including phenoxy) is 2. The van der Waals surface area contributed by atoms with Crippen LogP contribution in [0.1, 0.15) is 36.3 Å². The zero-order chi connectivity index (χ0) is 22.2. The van der Waals surface area contributed by atoms with Crippen molar-refractivity contribution in [1.82, 2.24) is 25.0 Å². The molecule has 2 heterocycles. The molecule has 0 saturated heterocycles. The zero-order valence-electron chi connectivity index (χ0n) is 19.1. The van der Waals surface area contributed by atoms with Gasteiger partial charge in [0.2, 0.25) is 0 Å². The molecule has 0 spiro atoms. The smallest absolute Gasteiger partial charge is 0.194 e. The third-order valence-electron chi connectivity index (χ3n) is 4.74. The van der Waals surface area contributed by atoms with E-state index in [-0.39, 0.29) is 30.1 Å². The van der Waals surface area contributed by atoms with Crippen molar-refractivity contribution in [2.24, 2.45) is 4.99 Å². The highest BCUT2D eigenvalue weighted by Crippen LogP contribution is 2.21. The maximum Gasteiger partial charge on any atom is 0.194 e. The van der Waals surface area contributed by atoms with Crippen LogP contribution in [-0.2, 0) is 17.8 Å². The van der Waals surface area contributed by atoms with E-state index >= 15 is 0 Å². The van der Waals surface area contributed by atoms with Gasteiger partial charge < -0.3 is 19.7 Å². The highest BCUT2D eigenvalue weighted by atomic mass is 127. The van der Waals surface area contributed by atoms with Crippen molar-refractivity contribution in [3.8, 4) is 11.4 Å². The summed E-state index contributed by atoms with van der Waals surface area (Å²) in [6, 6.07) is 9.78. The van der Waals surface area contributed by atoms with Gasteiger partial charge in [-0.2, -0.15) is 5.10 Å². The fraction of sp³-hybridized carbons (Fsp3) is 0.409. The largest absolute Gasteiger partial charge is 0.497 e. The molecule has 8 nitrogen and oxygen atoms in total. The Morgan fingerprint density at radius 2 is 1.97 bits per heavy atom. The molecule has 0 aliphatic heterocycles. The minimum absolute atomic E-state index is 0. The van der Waals surface area contributed by atoms with Crippen molar-refractivity contribution in [3.63, 3.8) is 0 Å². The van der Waals surface area contributed by atoms with Gasteiger partial charge in [-0.15, -0.1) is 35.3 Å². The summed E-state index contributed by atoms with van der Waals surface area (Å²) in [5.41, 5.74) is 2.87. The standard InChI is InChI=1S/C22H30N6O2S.HI/c1-6-23-22(27(3)14-18-15-31-21(25-18)16(2)29-4)24-13-17-11-12-28(26-17)19-7-9-20(30-5)10-8-19;/h7-12,15-16H,6,13-14H2,1-5H3,(H,23,24);1H. The van der Waals surface area contributed by atoms with Crippen LogP contribution in [0.5, 0.6) is 5.75 Å². The molecule has 2 aromatic heterocycles. The van der Waals surface area contributed by atoms with Crippen LogP contribution in [0.4, 0.5) is 0 Å². The SMILES string of the molecule is CCNC(=NCc1ccn(-c2ccc(OC)cc2)n1)N(C)Cc1csc(C(C)OC)n1.I. The second-order valence-corrected chi connectivity index (χ2v) is 7.92. The van der Waals surface area contributed by atoms with E-state index in [0.717, 1.165) is 40.3 Å². The number of rotatable bonds is 9. The first kappa shape index (κ1) is 26.1. The quantitative estimate of drug-likeness (QED) is 0.236. The average molecular weight is 571 g/mol. The first-order chi connectivity index (χ1) is 15.0. The first-order valence-electron chi connectivity index (χ1n) is 10.2. The van der Waals surface area contributed by atoms with Gasteiger partial charge >= 0.3 is 0 Å². The van der Waals surface area contributed by atoms with E-state index in [4.69, 9.17) is 14.5 Å². The fourth-order valence-electron chi connectivity index (χ4n) is 2.95. The Morgan fingerprint density at radius 1 is 1.22 bits per heavy atom. The summed E-state index contributed by atoms with van der Waals surface area (Å²) in [5, 5.41) is 11.0. The maximum atomic E-state index is 5.36. The molecule has 0 radical (unpaired) electrons. The third-order valence-corrected chi connectivity index (χ3v) is 5.79. The molecule has 3 rings (SSSR count). The van der Waals surface area contributed by atoms with Crippen LogP contribution >= 0.6 is 35.3 Å². The van der Waals surface area contributed by atoms with Crippen LogP contribution < -0.4 is 10.1 Å². The number of aromatic nitrogens is 3. The minimum atomic E-state index is 0. The number of nitrogens with one attached hydrogen (secondary N) is 1. The molecule has 1 aromatic carbocycles. The van der Waals surface area contributed by atoms with E-state index in [2.05, 4.69) is 32.6 Å².